The molecule has 128 valence electrons. The molecule has 3 rings (SSSR count). The van der Waals surface area contributed by atoms with Crippen LogP contribution in [0.3, 0.4) is 0 Å². The third-order valence-corrected chi connectivity index (χ3v) is 7.27. The van der Waals surface area contributed by atoms with Gasteiger partial charge in [0.2, 0.25) is 0 Å². The van der Waals surface area contributed by atoms with Gasteiger partial charge in [-0.15, -0.1) is 0 Å². The first kappa shape index (κ1) is 17.2. The largest absolute Gasteiger partial charge is 0.439 e. The molecule has 5 heteroatoms. The SMILES string of the molecule is CC(C)(N)C(CN)CCP1(=O)Oc2ccccc2-c2ccccc21. The van der Waals surface area contributed by atoms with Gasteiger partial charge >= 0.3 is 0 Å². The van der Waals surface area contributed by atoms with Crippen LogP contribution in [0.25, 0.3) is 11.1 Å². The summed E-state index contributed by atoms with van der Waals surface area (Å²) in [6, 6.07) is 15.6. The van der Waals surface area contributed by atoms with Crippen molar-refractivity contribution in [2.24, 2.45) is 17.4 Å². The van der Waals surface area contributed by atoms with Crippen molar-refractivity contribution in [2.75, 3.05) is 12.7 Å². The van der Waals surface area contributed by atoms with Crippen LogP contribution < -0.4 is 21.3 Å². The second-order valence-electron chi connectivity index (χ2n) is 7.04. The third-order valence-electron chi connectivity index (χ3n) is 4.80. The Labute approximate surface area is 143 Å². The van der Waals surface area contributed by atoms with Crippen LogP contribution in [0.5, 0.6) is 5.75 Å². The predicted octanol–water partition coefficient (Wildman–Crippen LogP) is 3.35. The van der Waals surface area contributed by atoms with Crippen molar-refractivity contribution in [3.63, 3.8) is 0 Å². The molecular weight excluding hydrogens is 319 g/mol. The second kappa shape index (κ2) is 6.36. The van der Waals surface area contributed by atoms with Crippen LogP contribution in [-0.2, 0) is 4.57 Å². The summed E-state index contributed by atoms with van der Waals surface area (Å²) in [7, 11) is -2.98. The highest BCUT2D eigenvalue weighted by molar-refractivity contribution is 7.67. The molecule has 0 saturated heterocycles. The molecular formula is C19H25N2O2P. The van der Waals surface area contributed by atoms with E-state index in [9.17, 15) is 4.57 Å². The minimum Gasteiger partial charge on any atom is -0.439 e. The van der Waals surface area contributed by atoms with E-state index in [2.05, 4.69) is 0 Å². The molecule has 0 amide bonds. The van der Waals surface area contributed by atoms with Crippen LogP contribution in [0.15, 0.2) is 48.5 Å². The van der Waals surface area contributed by atoms with Gasteiger partial charge in [-0.05, 0) is 50.4 Å². The van der Waals surface area contributed by atoms with Crippen LogP contribution in [0.2, 0.25) is 0 Å². The van der Waals surface area contributed by atoms with E-state index in [0.717, 1.165) is 16.4 Å². The molecule has 2 unspecified atom stereocenters. The topological polar surface area (TPSA) is 78.3 Å². The number of benzene rings is 2. The summed E-state index contributed by atoms with van der Waals surface area (Å²) in [5.74, 6) is 0.784. The summed E-state index contributed by atoms with van der Waals surface area (Å²) >= 11 is 0. The van der Waals surface area contributed by atoms with Crippen LogP contribution in [-0.4, -0.2) is 18.2 Å². The first-order chi connectivity index (χ1) is 11.3. The van der Waals surface area contributed by atoms with Crippen molar-refractivity contribution in [1.29, 1.82) is 0 Å². The number of rotatable bonds is 5. The van der Waals surface area contributed by atoms with Gasteiger partial charge in [-0.3, -0.25) is 4.57 Å². The van der Waals surface area contributed by atoms with Gasteiger partial charge in [0.1, 0.15) is 5.75 Å². The van der Waals surface area contributed by atoms with E-state index >= 15 is 0 Å². The van der Waals surface area contributed by atoms with Crippen molar-refractivity contribution in [1.82, 2.24) is 0 Å². The molecule has 0 spiro atoms. The molecule has 1 aliphatic rings. The van der Waals surface area contributed by atoms with E-state index in [0.29, 0.717) is 24.9 Å². The molecule has 2 atom stereocenters. The van der Waals surface area contributed by atoms with E-state index in [-0.39, 0.29) is 5.92 Å². The Balaban J connectivity index is 1.95. The number of hydrogen-bond acceptors (Lipinski definition) is 4. The molecule has 0 radical (unpaired) electrons. The predicted molar refractivity (Wildman–Crippen MR) is 100 cm³/mol. The van der Waals surface area contributed by atoms with Crippen LogP contribution in [0, 0.1) is 5.92 Å². The Hall–Kier alpha value is -1.61. The van der Waals surface area contributed by atoms with E-state index < -0.39 is 12.9 Å². The summed E-state index contributed by atoms with van der Waals surface area (Å²) in [5.41, 5.74) is 13.7. The lowest BCUT2D eigenvalue weighted by Crippen LogP contribution is -2.45. The molecule has 4 nitrogen and oxygen atoms in total. The van der Waals surface area contributed by atoms with Gasteiger partial charge in [0, 0.05) is 17.3 Å². The summed E-state index contributed by atoms with van der Waals surface area (Å²) in [5, 5.41) is 0.800. The van der Waals surface area contributed by atoms with Crippen molar-refractivity contribution >= 4 is 12.7 Å². The molecule has 24 heavy (non-hydrogen) atoms. The fraction of sp³-hybridized carbons (Fsp3) is 0.368. The zero-order chi connectivity index (χ0) is 17.4. The minimum atomic E-state index is -2.98. The Morgan fingerprint density at radius 1 is 1.08 bits per heavy atom. The molecule has 0 fully saturated rings. The number of nitrogens with two attached hydrogens (primary N) is 2. The van der Waals surface area contributed by atoms with Gasteiger partial charge < -0.3 is 16.0 Å². The molecule has 0 aliphatic carbocycles. The van der Waals surface area contributed by atoms with Gasteiger partial charge in [-0.25, -0.2) is 0 Å². The Kier molecular flexibility index (Phi) is 4.56. The van der Waals surface area contributed by atoms with Gasteiger partial charge in [-0.1, -0.05) is 36.4 Å². The van der Waals surface area contributed by atoms with Crippen molar-refractivity contribution < 1.29 is 9.09 Å². The smallest absolute Gasteiger partial charge is 0.277 e. The lowest BCUT2D eigenvalue weighted by Gasteiger charge is -2.33. The van der Waals surface area contributed by atoms with Crippen LogP contribution in [0.4, 0.5) is 0 Å². The number of para-hydroxylation sites is 1. The van der Waals surface area contributed by atoms with Crippen molar-refractivity contribution in [3.05, 3.63) is 48.5 Å². The highest BCUT2D eigenvalue weighted by atomic mass is 31.2. The van der Waals surface area contributed by atoms with Crippen LogP contribution in [0.1, 0.15) is 20.3 Å². The maximum absolute atomic E-state index is 13.7. The average Bonchev–Trinajstić information content (AvgIpc) is 2.54. The molecule has 1 aliphatic heterocycles. The summed E-state index contributed by atoms with van der Waals surface area (Å²) in [6.45, 7) is 4.40. The minimum absolute atomic E-state index is 0.0938. The Bertz CT molecular complexity index is 783. The normalized spacial score (nSPS) is 20.7. The summed E-state index contributed by atoms with van der Waals surface area (Å²) in [6.07, 6.45) is 1.12. The lowest BCUT2D eigenvalue weighted by molar-refractivity contribution is 0.318. The van der Waals surface area contributed by atoms with E-state index in [4.69, 9.17) is 16.0 Å². The quantitative estimate of drug-likeness (QED) is 0.815. The molecule has 0 bridgehead atoms. The highest BCUT2D eigenvalue weighted by Crippen LogP contribution is 2.55. The van der Waals surface area contributed by atoms with E-state index in [1.54, 1.807) is 0 Å². The van der Waals surface area contributed by atoms with E-state index in [1.807, 2.05) is 62.4 Å². The molecule has 2 aromatic rings. The van der Waals surface area contributed by atoms with Crippen molar-refractivity contribution in [3.8, 4) is 16.9 Å². The fourth-order valence-electron chi connectivity index (χ4n) is 3.26. The second-order valence-corrected chi connectivity index (χ2v) is 9.50. The highest BCUT2D eigenvalue weighted by Gasteiger charge is 2.37. The van der Waals surface area contributed by atoms with E-state index in [1.165, 1.54) is 0 Å². The first-order valence-electron chi connectivity index (χ1n) is 8.32. The van der Waals surface area contributed by atoms with Gasteiger partial charge in [0.25, 0.3) is 7.37 Å². The molecule has 0 saturated carbocycles. The van der Waals surface area contributed by atoms with Crippen LogP contribution >= 0.6 is 7.37 Å². The maximum Gasteiger partial charge on any atom is 0.277 e. The summed E-state index contributed by atoms with van der Waals surface area (Å²) < 4.78 is 19.7. The molecule has 2 aromatic carbocycles. The number of fused-ring (bicyclic) bond motifs is 3. The zero-order valence-corrected chi connectivity index (χ0v) is 15.1. The number of hydrogen-bond donors (Lipinski definition) is 2. The monoisotopic (exact) mass is 344 g/mol. The zero-order valence-electron chi connectivity index (χ0n) is 14.2. The van der Waals surface area contributed by atoms with Gasteiger partial charge in [0.05, 0.1) is 5.30 Å². The Morgan fingerprint density at radius 3 is 2.38 bits per heavy atom. The van der Waals surface area contributed by atoms with Crippen molar-refractivity contribution in [2.45, 2.75) is 25.8 Å². The average molecular weight is 344 g/mol. The lowest BCUT2D eigenvalue weighted by atomic mass is 9.86. The molecule has 4 N–H and O–H groups in total. The maximum atomic E-state index is 13.7. The molecule has 1 heterocycles. The summed E-state index contributed by atoms with van der Waals surface area (Å²) in [4.78, 5) is 0. The standard InChI is InChI=1S/C19H25N2O2P/c1-19(2,21)14(13-20)11-12-24(22)18-10-6-4-8-16(18)15-7-3-5-9-17(15)23-24/h3-10,14H,11-13,20-21H2,1-2H3. The Morgan fingerprint density at radius 2 is 1.71 bits per heavy atom. The fourth-order valence-corrected chi connectivity index (χ4v) is 5.70. The molecule has 0 aromatic heterocycles. The van der Waals surface area contributed by atoms with Gasteiger partial charge in [-0.2, -0.15) is 0 Å². The first-order valence-corrected chi connectivity index (χ1v) is 10.1. The van der Waals surface area contributed by atoms with Gasteiger partial charge in [0.15, 0.2) is 0 Å². The third kappa shape index (κ3) is 3.14.